The van der Waals surface area contributed by atoms with Crippen molar-refractivity contribution in [3.05, 3.63) is 83.9 Å². The number of ether oxygens (including phenoxy) is 2. The molecule has 0 aliphatic carbocycles. The van der Waals surface area contributed by atoms with Gasteiger partial charge >= 0.3 is 0 Å². The van der Waals surface area contributed by atoms with Crippen molar-refractivity contribution < 1.29 is 19.4 Å². The van der Waals surface area contributed by atoms with Crippen molar-refractivity contribution in [1.29, 1.82) is 0 Å². The van der Waals surface area contributed by atoms with Crippen molar-refractivity contribution in [3.63, 3.8) is 0 Å². The second-order valence-electron chi connectivity index (χ2n) is 7.25. The summed E-state index contributed by atoms with van der Waals surface area (Å²) in [5.41, 5.74) is 3.43. The molecule has 0 unspecified atom stereocenters. The second kappa shape index (κ2) is 11.2. The van der Waals surface area contributed by atoms with Crippen molar-refractivity contribution in [1.82, 2.24) is 5.32 Å². The minimum atomic E-state index is -0.220. The van der Waals surface area contributed by atoms with E-state index in [-0.39, 0.29) is 18.6 Å². The van der Waals surface area contributed by atoms with E-state index in [0.29, 0.717) is 30.8 Å². The molecule has 1 atom stereocenters. The standard InChI is InChI=1S/C26H29NO4/c1-3-31-25-13-12-21(20-10-7-11-23(17-20)30-2)18-24(25)26(29)27-22(14-15-28)16-19-8-5-4-6-9-19/h4-13,17-18,22,28H,3,14-16H2,1-2H3,(H,27,29)/t22-/m0/s1. The Morgan fingerprint density at radius 1 is 1.00 bits per heavy atom. The third kappa shape index (κ3) is 6.09. The van der Waals surface area contributed by atoms with Crippen LogP contribution < -0.4 is 14.8 Å². The van der Waals surface area contributed by atoms with E-state index in [1.165, 1.54) is 0 Å². The topological polar surface area (TPSA) is 67.8 Å². The Morgan fingerprint density at radius 3 is 2.48 bits per heavy atom. The van der Waals surface area contributed by atoms with Crippen LogP contribution in [0.1, 0.15) is 29.3 Å². The number of amides is 1. The van der Waals surface area contributed by atoms with Gasteiger partial charge < -0.3 is 19.9 Å². The highest BCUT2D eigenvalue weighted by molar-refractivity contribution is 5.98. The molecular formula is C26H29NO4. The van der Waals surface area contributed by atoms with Gasteiger partial charge in [0.25, 0.3) is 5.91 Å². The van der Waals surface area contributed by atoms with Crippen molar-refractivity contribution in [2.24, 2.45) is 0 Å². The fourth-order valence-electron chi connectivity index (χ4n) is 3.51. The number of aliphatic hydroxyl groups is 1. The molecule has 162 valence electrons. The van der Waals surface area contributed by atoms with Crippen LogP contribution in [0.3, 0.4) is 0 Å². The molecule has 5 nitrogen and oxygen atoms in total. The summed E-state index contributed by atoms with van der Waals surface area (Å²) < 4.78 is 11.0. The van der Waals surface area contributed by atoms with Gasteiger partial charge in [0.05, 0.1) is 19.3 Å². The fraction of sp³-hybridized carbons (Fsp3) is 0.269. The lowest BCUT2D eigenvalue weighted by atomic mass is 10.00. The number of aliphatic hydroxyl groups excluding tert-OH is 1. The van der Waals surface area contributed by atoms with Crippen LogP contribution >= 0.6 is 0 Å². The van der Waals surface area contributed by atoms with E-state index >= 15 is 0 Å². The first-order valence-electron chi connectivity index (χ1n) is 10.5. The largest absolute Gasteiger partial charge is 0.497 e. The van der Waals surface area contributed by atoms with Gasteiger partial charge in [0.2, 0.25) is 0 Å². The van der Waals surface area contributed by atoms with Crippen LogP contribution in [-0.2, 0) is 6.42 Å². The second-order valence-corrected chi connectivity index (χ2v) is 7.25. The Balaban J connectivity index is 1.87. The summed E-state index contributed by atoms with van der Waals surface area (Å²) in [6, 6.07) is 23.1. The maximum atomic E-state index is 13.2. The van der Waals surface area contributed by atoms with Crippen molar-refractivity contribution >= 4 is 5.91 Å². The molecule has 0 aliphatic heterocycles. The van der Waals surface area contributed by atoms with Gasteiger partial charge in [-0.25, -0.2) is 0 Å². The average molecular weight is 420 g/mol. The molecule has 3 aromatic carbocycles. The molecule has 0 saturated carbocycles. The van der Waals surface area contributed by atoms with E-state index in [4.69, 9.17) is 9.47 Å². The summed E-state index contributed by atoms with van der Waals surface area (Å²) in [6.45, 7) is 2.35. The van der Waals surface area contributed by atoms with E-state index in [1.54, 1.807) is 7.11 Å². The Kier molecular flexibility index (Phi) is 8.07. The summed E-state index contributed by atoms with van der Waals surface area (Å²) in [6.07, 6.45) is 1.12. The third-order valence-corrected chi connectivity index (χ3v) is 5.06. The number of hydrogen-bond donors (Lipinski definition) is 2. The summed E-state index contributed by atoms with van der Waals surface area (Å²) in [5.74, 6) is 1.07. The monoisotopic (exact) mass is 419 g/mol. The predicted octanol–water partition coefficient (Wildman–Crippen LogP) is 4.48. The number of hydrogen-bond acceptors (Lipinski definition) is 4. The number of carbonyl (C=O) groups excluding carboxylic acids is 1. The van der Waals surface area contributed by atoms with E-state index in [2.05, 4.69) is 5.32 Å². The van der Waals surface area contributed by atoms with E-state index in [1.807, 2.05) is 79.7 Å². The first-order chi connectivity index (χ1) is 15.1. The van der Waals surface area contributed by atoms with Crippen LogP contribution in [0.25, 0.3) is 11.1 Å². The molecule has 3 rings (SSSR count). The zero-order valence-corrected chi connectivity index (χ0v) is 18.0. The molecule has 3 aromatic rings. The molecule has 0 heterocycles. The van der Waals surface area contributed by atoms with Crippen molar-refractivity contribution in [2.45, 2.75) is 25.8 Å². The van der Waals surface area contributed by atoms with Crippen molar-refractivity contribution in [2.75, 3.05) is 20.3 Å². The number of rotatable bonds is 10. The lowest BCUT2D eigenvalue weighted by Crippen LogP contribution is -2.37. The van der Waals surface area contributed by atoms with E-state index in [9.17, 15) is 9.90 Å². The van der Waals surface area contributed by atoms with Gasteiger partial charge in [-0.2, -0.15) is 0 Å². The number of nitrogens with one attached hydrogen (secondary N) is 1. The molecule has 2 N–H and O–H groups in total. The van der Waals surface area contributed by atoms with Gasteiger partial charge in [-0.15, -0.1) is 0 Å². The van der Waals surface area contributed by atoms with Gasteiger partial charge in [0.15, 0.2) is 0 Å². The summed E-state index contributed by atoms with van der Waals surface area (Å²) in [7, 11) is 1.63. The summed E-state index contributed by atoms with van der Waals surface area (Å²) in [4.78, 5) is 13.2. The molecule has 31 heavy (non-hydrogen) atoms. The first kappa shape index (κ1) is 22.4. The quantitative estimate of drug-likeness (QED) is 0.508. The fourth-order valence-corrected chi connectivity index (χ4v) is 3.51. The SMILES string of the molecule is CCOc1ccc(-c2cccc(OC)c2)cc1C(=O)N[C@@H](CCO)Cc1ccccc1. The maximum absolute atomic E-state index is 13.2. The van der Waals surface area contributed by atoms with Crippen LogP contribution in [0.2, 0.25) is 0 Å². The molecular weight excluding hydrogens is 390 g/mol. The van der Waals surface area contributed by atoms with Crippen LogP contribution in [0.5, 0.6) is 11.5 Å². The lowest BCUT2D eigenvalue weighted by molar-refractivity contribution is 0.0926. The molecule has 0 aromatic heterocycles. The molecule has 0 spiro atoms. The summed E-state index contributed by atoms with van der Waals surface area (Å²) >= 11 is 0. The highest BCUT2D eigenvalue weighted by Crippen LogP contribution is 2.29. The molecule has 5 heteroatoms. The molecule has 0 aliphatic rings. The zero-order valence-electron chi connectivity index (χ0n) is 18.0. The highest BCUT2D eigenvalue weighted by atomic mass is 16.5. The number of carbonyl (C=O) groups is 1. The third-order valence-electron chi connectivity index (χ3n) is 5.06. The smallest absolute Gasteiger partial charge is 0.255 e. The highest BCUT2D eigenvalue weighted by Gasteiger charge is 2.19. The van der Waals surface area contributed by atoms with Gasteiger partial charge in [0, 0.05) is 12.6 Å². The predicted molar refractivity (Wildman–Crippen MR) is 123 cm³/mol. The normalized spacial score (nSPS) is 11.6. The van der Waals surface area contributed by atoms with E-state index < -0.39 is 0 Å². The Labute approximate surface area is 183 Å². The van der Waals surface area contributed by atoms with Gasteiger partial charge in [-0.1, -0.05) is 48.5 Å². The minimum Gasteiger partial charge on any atom is -0.497 e. The molecule has 0 bridgehead atoms. The molecule has 1 amide bonds. The maximum Gasteiger partial charge on any atom is 0.255 e. The molecule has 0 saturated heterocycles. The van der Waals surface area contributed by atoms with Crippen molar-refractivity contribution in [3.8, 4) is 22.6 Å². The number of benzene rings is 3. The Bertz CT molecular complexity index is 988. The van der Waals surface area contributed by atoms with Crippen LogP contribution in [0.15, 0.2) is 72.8 Å². The summed E-state index contributed by atoms with van der Waals surface area (Å²) in [5, 5.41) is 12.6. The van der Waals surface area contributed by atoms with Gasteiger partial charge in [-0.3, -0.25) is 4.79 Å². The number of methoxy groups -OCH3 is 1. The van der Waals surface area contributed by atoms with Crippen LogP contribution in [0.4, 0.5) is 0 Å². The van der Waals surface area contributed by atoms with Gasteiger partial charge in [0.1, 0.15) is 11.5 Å². The Hall–Kier alpha value is -3.31. The zero-order chi connectivity index (χ0) is 22.1. The Morgan fingerprint density at radius 2 is 1.77 bits per heavy atom. The molecule has 0 fully saturated rings. The minimum absolute atomic E-state index is 0.0000526. The average Bonchev–Trinajstić information content (AvgIpc) is 2.80. The van der Waals surface area contributed by atoms with E-state index in [0.717, 1.165) is 22.4 Å². The molecule has 0 radical (unpaired) electrons. The van der Waals surface area contributed by atoms with Crippen LogP contribution in [0, 0.1) is 0 Å². The van der Waals surface area contributed by atoms with Crippen LogP contribution in [-0.4, -0.2) is 37.4 Å². The van der Waals surface area contributed by atoms with Gasteiger partial charge in [-0.05, 0) is 60.7 Å². The lowest BCUT2D eigenvalue weighted by Gasteiger charge is -2.20. The first-order valence-corrected chi connectivity index (χ1v) is 10.5.